The number of halogens is 1. The molecule has 1 aromatic rings. The fourth-order valence-electron chi connectivity index (χ4n) is 3.06. The normalized spacial score (nSPS) is 24.5. The second-order valence-corrected chi connectivity index (χ2v) is 7.70. The first-order chi connectivity index (χ1) is 9.45. The summed E-state index contributed by atoms with van der Waals surface area (Å²) in [6, 6.07) is 6.31. The summed E-state index contributed by atoms with van der Waals surface area (Å²) < 4.78 is 23.1. The number of amides is 1. The molecule has 3 rings (SSSR count). The van der Waals surface area contributed by atoms with Crippen molar-refractivity contribution in [1.29, 1.82) is 0 Å². The molecule has 1 N–H and O–H groups in total. The second kappa shape index (κ2) is 5.94. The van der Waals surface area contributed by atoms with Gasteiger partial charge in [-0.05, 0) is 30.0 Å². The first-order valence-corrected chi connectivity index (χ1v) is 8.64. The van der Waals surface area contributed by atoms with Crippen molar-refractivity contribution in [3.05, 3.63) is 29.8 Å². The van der Waals surface area contributed by atoms with E-state index < -0.39 is 9.84 Å². The molecule has 1 amide bonds. The van der Waals surface area contributed by atoms with Crippen molar-refractivity contribution in [2.24, 2.45) is 11.8 Å². The number of benzene rings is 1. The van der Waals surface area contributed by atoms with Crippen LogP contribution in [-0.4, -0.2) is 51.7 Å². The van der Waals surface area contributed by atoms with Crippen LogP contribution in [0.4, 0.5) is 0 Å². The van der Waals surface area contributed by atoms with E-state index in [0.717, 1.165) is 32.4 Å². The van der Waals surface area contributed by atoms with E-state index in [4.69, 9.17) is 0 Å². The molecule has 21 heavy (non-hydrogen) atoms. The molecule has 0 unspecified atom stereocenters. The molecule has 0 saturated carbocycles. The van der Waals surface area contributed by atoms with E-state index in [-0.39, 0.29) is 23.2 Å². The van der Waals surface area contributed by atoms with Crippen molar-refractivity contribution in [3.8, 4) is 0 Å². The molecule has 0 spiro atoms. The van der Waals surface area contributed by atoms with Crippen molar-refractivity contribution in [3.63, 3.8) is 0 Å². The Labute approximate surface area is 131 Å². The predicted molar refractivity (Wildman–Crippen MR) is 82.6 cm³/mol. The maximum Gasteiger partial charge on any atom is 0.253 e. The van der Waals surface area contributed by atoms with E-state index in [9.17, 15) is 13.2 Å². The summed E-state index contributed by atoms with van der Waals surface area (Å²) >= 11 is 0. The van der Waals surface area contributed by atoms with Gasteiger partial charge in [-0.1, -0.05) is 6.07 Å². The Morgan fingerprint density at radius 1 is 1.24 bits per heavy atom. The third kappa shape index (κ3) is 3.22. The number of carbonyl (C=O) groups excluding carboxylic acids is 1. The maximum absolute atomic E-state index is 12.5. The van der Waals surface area contributed by atoms with Crippen molar-refractivity contribution >= 4 is 28.2 Å². The Morgan fingerprint density at radius 3 is 2.43 bits per heavy atom. The lowest BCUT2D eigenvalue weighted by molar-refractivity contribution is 0.0781. The van der Waals surface area contributed by atoms with Crippen LogP contribution in [0.5, 0.6) is 0 Å². The number of fused-ring (bicyclic) bond motifs is 1. The molecule has 2 aliphatic rings. The minimum atomic E-state index is -3.28. The third-order valence-corrected chi connectivity index (χ3v) is 5.30. The first-order valence-electron chi connectivity index (χ1n) is 6.75. The van der Waals surface area contributed by atoms with Crippen LogP contribution < -0.4 is 5.32 Å². The number of hydrogen-bond acceptors (Lipinski definition) is 4. The number of carbonyl (C=O) groups is 1. The van der Waals surface area contributed by atoms with E-state index >= 15 is 0 Å². The number of sulfone groups is 1. The van der Waals surface area contributed by atoms with E-state index in [0.29, 0.717) is 17.4 Å². The lowest BCUT2D eigenvalue weighted by atomic mass is 10.0. The first kappa shape index (κ1) is 16.3. The molecular formula is C14H19ClN2O3S. The zero-order valence-electron chi connectivity index (χ0n) is 11.8. The largest absolute Gasteiger partial charge is 0.338 e. The van der Waals surface area contributed by atoms with Gasteiger partial charge in [-0.2, -0.15) is 0 Å². The molecule has 0 radical (unpaired) electrons. The van der Waals surface area contributed by atoms with Gasteiger partial charge in [-0.15, -0.1) is 12.4 Å². The highest BCUT2D eigenvalue weighted by atomic mass is 35.5. The Hall–Kier alpha value is -1.11. The summed E-state index contributed by atoms with van der Waals surface area (Å²) in [6.45, 7) is 3.47. The molecule has 0 aliphatic carbocycles. The van der Waals surface area contributed by atoms with Gasteiger partial charge in [-0.25, -0.2) is 8.42 Å². The summed E-state index contributed by atoms with van der Waals surface area (Å²) in [5.41, 5.74) is 0.459. The molecule has 5 nitrogen and oxygen atoms in total. The SMILES string of the molecule is CS(=O)(=O)c1cccc(C(=O)N2C[C@H]3CNC[C@H]3C2)c1.Cl. The highest BCUT2D eigenvalue weighted by molar-refractivity contribution is 7.90. The Morgan fingerprint density at radius 2 is 1.86 bits per heavy atom. The van der Waals surface area contributed by atoms with Gasteiger partial charge in [-0.3, -0.25) is 4.79 Å². The van der Waals surface area contributed by atoms with E-state index in [1.54, 1.807) is 12.1 Å². The lowest BCUT2D eigenvalue weighted by Gasteiger charge is -2.17. The summed E-state index contributed by atoms with van der Waals surface area (Å²) in [6.07, 6.45) is 1.16. The van der Waals surface area contributed by atoms with Crippen LogP contribution in [0.15, 0.2) is 29.2 Å². The molecule has 2 saturated heterocycles. The van der Waals surface area contributed by atoms with Gasteiger partial charge in [0.25, 0.3) is 5.91 Å². The van der Waals surface area contributed by atoms with Crippen LogP contribution in [0.25, 0.3) is 0 Å². The zero-order valence-corrected chi connectivity index (χ0v) is 13.4. The number of nitrogens with zero attached hydrogens (tertiary/aromatic N) is 1. The van der Waals surface area contributed by atoms with E-state index in [1.165, 1.54) is 12.1 Å². The van der Waals surface area contributed by atoms with E-state index in [1.807, 2.05) is 4.90 Å². The number of hydrogen-bond donors (Lipinski definition) is 1. The van der Waals surface area contributed by atoms with Gasteiger partial charge >= 0.3 is 0 Å². The van der Waals surface area contributed by atoms with Crippen molar-refractivity contribution in [1.82, 2.24) is 10.2 Å². The Kier molecular flexibility index (Phi) is 4.60. The molecule has 2 fully saturated rings. The quantitative estimate of drug-likeness (QED) is 0.871. The number of nitrogens with one attached hydrogen (secondary N) is 1. The Bertz CT molecular complexity index is 635. The molecule has 0 aromatic heterocycles. The summed E-state index contributed by atoms with van der Waals surface area (Å²) in [4.78, 5) is 14.5. The Balaban J connectivity index is 0.00000161. The minimum Gasteiger partial charge on any atom is -0.338 e. The van der Waals surface area contributed by atoms with Gasteiger partial charge in [0.05, 0.1) is 4.90 Å². The summed E-state index contributed by atoms with van der Waals surface area (Å²) in [7, 11) is -3.28. The molecule has 1 aromatic carbocycles. The fourth-order valence-corrected chi connectivity index (χ4v) is 3.73. The predicted octanol–water partition coefficient (Wildman–Crippen LogP) is 0.803. The van der Waals surface area contributed by atoms with Crippen LogP contribution in [-0.2, 0) is 9.84 Å². The average Bonchev–Trinajstić information content (AvgIpc) is 2.97. The average molecular weight is 331 g/mol. The summed E-state index contributed by atoms with van der Waals surface area (Å²) in [5.74, 6) is 1.01. The smallest absolute Gasteiger partial charge is 0.253 e. The molecule has 116 valence electrons. The second-order valence-electron chi connectivity index (χ2n) is 5.69. The maximum atomic E-state index is 12.5. The molecule has 2 atom stereocenters. The summed E-state index contributed by atoms with van der Waals surface area (Å²) in [5, 5.41) is 3.34. The van der Waals surface area contributed by atoms with Crippen LogP contribution in [0, 0.1) is 11.8 Å². The van der Waals surface area contributed by atoms with Crippen LogP contribution >= 0.6 is 12.4 Å². The van der Waals surface area contributed by atoms with Crippen LogP contribution in [0.3, 0.4) is 0 Å². The van der Waals surface area contributed by atoms with Gasteiger partial charge in [0.15, 0.2) is 9.84 Å². The van der Waals surface area contributed by atoms with Crippen molar-refractivity contribution < 1.29 is 13.2 Å². The molecule has 2 heterocycles. The topological polar surface area (TPSA) is 66.5 Å². The van der Waals surface area contributed by atoms with Gasteiger partial charge in [0.1, 0.15) is 0 Å². The van der Waals surface area contributed by atoms with Gasteiger partial charge in [0.2, 0.25) is 0 Å². The molecule has 7 heteroatoms. The van der Waals surface area contributed by atoms with Crippen molar-refractivity contribution in [2.75, 3.05) is 32.4 Å². The fraction of sp³-hybridized carbons (Fsp3) is 0.500. The number of likely N-dealkylation sites (tertiary alicyclic amines) is 1. The molecular weight excluding hydrogens is 312 g/mol. The van der Waals surface area contributed by atoms with Crippen LogP contribution in [0.1, 0.15) is 10.4 Å². The lowest BCUT2D eigenvalue weighted by Crippen LogP contribution is -2.31. The molecule has 0 bridgehead atoms. The van der Waals surface area contributed by atoms with Crippen molar-refractivity contribution in [2.45, 2.75) is 4.90 Å². The standard InChI is InChI=1S/C14H18N2O3S.ClH/c1-20(18,19)13-4-2-3-10(5-13)14(17)16-8-11-6-15-7-12(11)9-16;/h2-5,11-12,15H,6-9H2,1H3;1H/t11-,12+;. The number of rotatable bonds is 2. The molecule has 2 aliphatic heterocycles. The highest BCUT2D eigenvalue weighted by Gasteiger charge is 2.38. The zero-order chi connectivity index (χ0) is 14.3. The van der Waals surface area contributed by atoms with Gasteiger partial charge in [0, 0.05) is 38.0 Å². The minimum absolute atomic E-state index is 0. The third-order valence-electron chi connectivity index (χ3n) is 4.19. The van der Waals surface area contributed by atoms with Crippen LogP contribution in [0.2, 0.25) is 0 Å². The van der Waals surface area contributed by atoms with E-state index in [2.05, 4.69) is 5.32 Å². The highest BCUT2D eigenvalue weighted by Crippen LogP contribution is 2.27. The van der Waals surface area contributed by atoms with Gasteiger partial charge < -0.3 is 10.2 Å². The monoisotopic (exact) mass is 330 g/mol.